The fourth-order valence-electron chi connectivity index (χ4n) is 2.38. The van der Waals surface area contributed by atoms with Gasteiger partial charge in [-0.05, 0) is 32.0 Å². The monoisotopic (exact) mass is 410 g/mol. The molecule has 152 valence electrons. The van der Waals surface area contributed by atoms with Gasteiger partial charge in [0.2, 0.25) is 5.91 Å². The Kier molecular flexibility index (Phi) is 7.68. The van der Waals surface area contributed by atoms with Crippen LogP contribution < -0.4 is 14.8 Å². The maximum Gasteiger partial charge on any atom is 0.339 e. The third kappa shape index (κ3) is 5.38. The summed E-state index contributed by atoms with van der Waals surface area (Å²) in [5, 5.41) is 2.21. The molecule has 1 aliphatic heterocycles. The molecule has 28 heavy (non-hydrogen) atoms. The zero-order valence-corrected chi connectivity index (χ0v) is 16.7. The minimum Gasteiger partial charge on any atom is -0.493 e. The largest absolute Gasteiger partial charge is 0.493 e. The summed E-state index contributed by atoms with van der Waals surface area (Å²) in [6.45, 7) is 3.87. The SMILES string of the molecule is CCOc1ccc(C(=O)O[C@H](C)C(=O)NCCN2C(=O)CSC2=O)cc1OC. The number of carbonyl (C=O) groups is 4. The van der Waals surface area contributed by atoms with Gasteiger partial charge in [-0.3, -0.25) is 19.3 Å². The first-order valence-electron chi connectivity index (χ1n) is 8.64. The van der Waals surface area contributed by atoms with Crippen LogP contribution in [0.2, 0.25) is 0 Å². The van der Waals surface area contributed by atoms with E-state index in [1.54, 1.807) is 6.07 Å². The molecule has 0 radical (unpaired) electrons. The average Bonchev–Trinajstić information content (AvgIpc) is 3.00. The molecular weight excluding hydrogens is 388 g/mol. The number of hydrogen-bond donors (Lipinski definition) is 1. The molecular formula is C18H22N2O7S. The van der Waals surface area contributed by atoms with E-state index in [4.69, 9.17) is 14.2 Å². The second kappa shape index (κ2) is 9.98. The molecule has 1 fully saturated rings. The van der Waals surface area contributed by atoms with Crippen molar-refractivity contribution < 1.29 is 33.4 Å². The molecule has 0 aliphatic carbocycles. The normalized spacial score (nSPS) is 14.6. The molecule has 1 saturated heterocycles. The topological polar surface area (TPSA) is 111 Å². The van der Waals surface area contributed by atoms with E-state index in [1.807, 2.05) is 6.92 Å². The molecule has 2 rings (SSSR count). The number of carbonyl (C=O) groups excluding carboxylic acids is 4. The lowest BCUT2D eigenvalue weighted by Gasteiger charge is -2.16. The quantitative estimate of drug-likeness (QED) is 0.609. The van der Waals surface area contributed by atoms with Gasteiger partial charge in [0.1, 0.15) is 0 Å². The third-order valence-corrected chi connectivity index (χ3v) is 4.69. The van der Waals surface area contributed by atoms with Crippen molar-refractivity contribution >= 4 is 34.8 Å². The Morgan fingerprint density at radius 2 is 2.04 bits per heavy atom. The van der Waals surface area contributed by atoms with Crippen molar-refractivity contribution in [3.05, 3.63) is 23.8 Å². The van der Waals surface area contributed by atoms with E-state index < -0.39 is 18.0 Å². The minimum atomic E-state index is -1.05. The molecule has 1 aromatic carbocycles. The van der Waals surface area contributed by atoms with E-state index in [9.17, 15) is 19.2 Å². The summed E-state index contributed by atoms with van der Waals surface area (Å²) in [5.41, 5.74) is 0.213. The van der Waals surface area contributed by atoms with Crippen LogP contribution in [0, 0.1) is 0 Å². The average molecular weight is 410 g/mol. The molecule has 1 aromatic rings. The molecule has 0 aromatic heterocycles. The number of nitrogens with one attached hydrogen (secondary N) is 1. The van der Waals surface area contributed by atoms with Gasteiger partial charge in [0.25, 0.3) is 11.1 Å². The van der Waals surface area contributed by atoms with Crippen LogP contribution in [-0.4, -0.2) is 66.6 Å². The van der Waals surface area contributed by atoms with Gasteiger partial charge < -0.3 is 19.5 Å². The highest BCUT2D eigenvalue weighted by atomic mass is 32.2. The van der Waals surface area contributed by atoms with E-state index in [-0.39, 0.29) is 35.6 Å². The van der Waals surface area contributed by atoms with Gasteiger partial charge in [-0.2, -0.15) is 0 Å². The number of nitrogens with zero attached hydrogens (tertiary/aromatic N) is 1. The lowest BCUT2D eigenvalue weighted by atomic mass is 10.2. The highest BCUT2D eigenvalue weighted by Crippen LogP contribution is 2.28. The number of ether oxygens (including phenoxy) is 3. The summed E-state index contributed by atoms with van der Waals surface area (Å²) in [6, 6.07) is 4.58. The Morgan fingerprint density at radius 3 is 2.64 bits per heavy atom. The number of esters is 1. The molecule has 0 bridgehead atoms. The zero-order valence-electron chi connectivity index (χ0n) is 15.9. The van der Waals surface area contributed by atoms with Crippen molar-refractivity contribution in [2.24, 2.45) is 0 Å². The summed E-state index contributed by atoms with van der Waals surface area (Å²) >= 11 is 0.928. The Morgan fingerprint density at radius 1 is 1.29 bits per heavy atom. The number of imide groups is 1. The summed E-state index contributed by atoms with van der Waals surface area (Å²) in [4.78, 5) is 48.4. The summed E-state index contributed by atoms with van der Waals surface area (Å²) in [7, 11) is 1.46. The predicted octanol–water partition coefficient (Wildman–Crippen LogP) is 1.45. The fourth-order valence-corrected chi connectivity index (χ4v) is 3.13. The first-order valence-corrected chi connectivity index (χ1v) is 9.62. The van der Waals surface area contributed by atoms with Gasteiger partial charge in [-0.15, -0.1) is 0 Å². The first kappa shape index (κ1) is 21.5. The van der Waals surface area contributed by atoms with Crippen molar-refractivity contribution in [3.63, 3.8) is 0 Å². The fraction of sp³-hybridized carbons (Fsp3) is 0.444. The van der Waals surface area contributed by atoms with E-state index in [2.05, 4.69) is 5.32 Å². The van der Waals surface area contributed by atoms with Crippen LogP contribution in [0.5, 0.6) is 11.5 Å². The van der Waals surface area contributed by atoms with Crippen LogP contribution >= 0.6 is 11.8 Å². The molecule has 0 spiro atoms. The van der Waals surface area contributed by atoms with Crippen molar-refractivity contribution in [2.45, 2.75) is 20.0 Å². The number of hydrogen-bond acceptors (Lipinski definition) is 8. The predicted molar refractivity (Wildman–Crippen MR) is 102 cm³/mol. The zero-order chi connectivity index (χ0) is 20.7. The first-order chi connectivity index (χ1) is 13.4. The van der Waals surface area contributed by atoms with Gasteiger partial charge in [0, 0.05) is 13.1 Å². The Hall–Kier alpha value is -2.75. The van der Waals surface area contributed by atoms with Gasteiger partial charge in [-0.25, -0.2) is 4.79 Å². The molecule has 3 amide bonds. The molecule has 1 aliphatic rings. The lowest BCUT2D eigenvalue weighted by molar-refractivity contribution is -0.130. The van der Waals surface area contributed by atoms with E-state index in [0.717, 1.165) is 16.7 Å². The van der Waals surface area contributed by atoms with Gasteiger partial charge in [0.05, 0.1) is 25.0 Å². The molecule has 10 heteroatoms. The van der Waals surface area contributed by atoms with Gasteiger partial charge >= 0.3 is 5.97 Å². The standard InChI is InChI=1S/C18H22N2O7S/c1-4-26-13-6-5-12(9-14(13)25-3)17(23)27-11(2)16(22)19-7-8-20-15(21)10-28-18(20)24/h5-6,9,11H,4,7-8,10H2,1-3H3,(H,19,22)/t11-/m1/s1. The highest BCUT2D eigenvalue weighted by Gasteiger charge is 2.29. The molecule has 9 nitrogen and oxygen atoms in total. The molecule has 0 unspecified atom stereocenters. The molecule has 1 heterocycles. The minimum absolute atomic E-state index is 0.0766. The van der Waals surface area contributed by atoms with Crippen LogP contribution in [-0.2, 0) is 14.3 Å². The number of thioether (sulfide) groups is 1. The number of benzene rings is 1. The van der Waals surface area contributed by atoms with Crippen LogP contribution in [0.3, 0.4) is 0 Å². The van der Waals surface area contributed by atoms with E-state index in [0.29, 0.717) is 18.1 Å². The Bertz CT molecular complexity index is 752. The lowest BCUT2D eigenvalue weighted by Crippen LogP contribution is -2.41. The van der Waals surface area contributed by atoms with E-state index >= 15 is 0 Å². The van der Waals surface area contributed by atoms with Crippen LogP contribution in [0.15, 0.2) is 18.2 Å². The molecule has 1 N–H and O–H groups in total. The summed E-state index contributed by atoms with van der Waals surface area (Å²) in [5.74, 6) is -0.508. The van der Waals surface area contributed by atoms with Gasteiger partial charge in [-0.1, -0.05) is 11.8 Å². The van der Waals surface area contributed by atoms with Crippen LogP contribution in [0.4, 0.5) is 4.79 Å². The summed E-state index contributed by atoms with van der Waals surface area (Å²) in [6.07, 6.45) is -1.05. The second-order valence-electron chi connectivity index (χ2n) is 5.74. The smallest absolute Gasteiger partial charge is 0.339 e. The Labute approximate surface area is 166 Å². The second-order valence-corrected chi connectivity index (χ2v) is 6.66. The maximum atomic E-state index is 12.3. The van der Waals surface area contributed by atoms with Crippen LogP contribution in [0.25, 0.3) is 0 Å². The van der Waals surface area contributed by atoms with Crippen molar-refractivity contribution in [2.75, 3.05) is 32.6 Å². The van der Waals surface area contributed by atoms with Crippen molar-refractivity contribution in [3.8, 4) is 11.5 Å². The van der Waals surface area contributed by atoms with Crippen molar-refractivity contribution in [1.82, 2.24) is 10.2 Å². The van der Waals surface area contributed by atoms with E-state index in [1.165, 1.54) is 26.2 Å². The van der Waals surface area contributed by atoms with Crippen LogP contribution in [0.1, 0.15) is 24.2 Å². The summed E-state index contributed by atoms with van der Waals surface area (Å²) < 4.78 is 15.7. The molecule has 1 atom stereocenters. The number of rotatable bonds is 9. The highest BCUT2D eigenvalue weighted by molar-refractivity contribution is 8.14. The van der Waals surface area contributed by atoms with Crippen molar-refractivity contribution in [1.29, 1.82) is 0 Å². The third-order valence-electron chi connectivity index (χ3n) is 3.83. The Balaban J connectivity index is 1.86. The van der Waals surface area contributed by atoms with Gasteiger partial charge in [0.15, 0.2) is 17.6 Å². The number of amides is 3. The molecule has 0 saturated carbocycles. The number of methoxy groups -OCH3 is 1. The maximum absolute atomic E-state index is 12.3.